The molecule has 35 heavy (non-hydrogen) atoms. The summed E-state index contributed by atoms with van der Waals surface area (Å²) in [6, 6.07) is 5.51. The second-order valence-electron chi connectivity index (χ2n) is 8.89. The van der Waals surface area contributed by atoms with Gasteiger partial charge in [0, 0.05) is 37.0 Å². The van der Waals surface area contributed by atoms with Gasteiger partial charge < -0.3 is 15.2 Å². The van der Waals surface area contributed by atoms with Crippen molar-refractivity contribution in [2.45, 2.75) is 51.5 Å². The molecule has 0 spiro atoms. The van der Waals surface area contributed by atoms with Crippen LogP contribution in [0.15, 0.2) is 36.9 Å². The molecule has 5 rings (SSSR count). The molecule has 1 atom stereocenters. The lowest BCUT2D eigenvalue weighted by Crippen LogP contribution is -2.39. The summed E-state index contributed by atoms with van der Waals surface area (Å²) in [5.74, 6) is -2.34. The molecule has 1 saturated heterocycles. The number of alkyl halides is 2. The minimum Gasteiger partial charge on any atom is -0.368 e. The zero-order chi connectivity index (χ0) is 24.6. The van der Waals surface area contributed by atoms with Gasteiger partial charge in [0.05, 0.1) is 34.1 Å². The molecule has 184 valence electrons. The lowest BCUT2D eigenvalue weighted by Gasteiger charge is -2.33. The number of aryl methyl sites for hydroxylation is 1. The molecule has 4 aromatic rings. The van der Waals surface area contributed by atoms with Crippen molar-refractivity contribution in [1.29, 1.82) is 0 Å². The highest BCUT2D eigenvalue weighted by Gasteiger charge is 2.35. The molecular weight excluding hydrogens is 472 g/mol. The maximum absolute atomic E-state index is 13.9. The van der Waals surface area contributed by atoms with Crippen molar-refractivity contribution in [2.75, 3.05) is 18.0 Å². The number of nitrogens with zero attached hydrogens (tertiary/aromatic N) is 5. The molecule has 0 unspecified atom stereocenters. The van der Waals surface area contributed by atoms with Gasteiger partial charge in [-0.05, 0) is 31.5 Å². The minimum atomic E-state index is -2.67. The van der Waals surface area contributed by atoms with Crippen LogP contribution < -0.4 is 10.2 Å². The average molecular weight is 500 g/mol. The molecular formula is C24H27F2N7OS. The van der Waals surface area contributed by atoms with Gasteiger partial charge in [0.2, 0.25) is 0 Å². The Balaban J connectivity index is 1.55. The summed E-state index contributed by atoms with van der Waals surface area (Å²) in [7, 11) is 0. The van der Waals surface area contributed by atoms with Gasteiger partial charge in [0.1, 0.15) is 6.33 Å². The van der Waals surface area contributed by atoms with E-state index < -0.39 is 5.92 Å². The van der Waals surface area contributed by atoms with Crippen molar-refractivity contribution in [3.8, 4) is 10.6 Å². The molecule has 1 fully saturated rings. The number of aromatic nitrogens is 5. The smallest absolute Gasteiger partial charge is 0.253 e. The number of nitrogens with one attached hydrogen (secondary N) is 2. The lowest BCUT2D eigenvalue weighted by atomic mass is 10.1. The van der Waals surface area contributed by atoms with E-state index in [1.165, 1.54) is 6.33 Å². The largest absolute Gasteiger partial charge is 0.368 e. The van der Waals surface area contributed by atoms with Gasteiger partial charge in [-0.3, -0.25) is 9.20 Å². The SMILES string of the molecule is CCC[C@H](NC(=O)c1cc(N2CCC(F)(F)CC2)c2ncc(-c3ccc(C)s3)n2c1)c1nnc[nH]1. The van der Waals surface area contributed by atoms with E-state index in [4.69, 9.17) is 0 Å². The number of halogens is 2. The molecule has 0 aliphatic carbocycles. The summed E-state index contributed by atoms with van der Waals surface area (Å²) in [5, 5.41) is 11.0. The molecule has 2 N–H and O–H groups in total. The van der Waals surface area contributed by atoms with Crippen molar-refractivity contribution < 1.29 is 13.6 Å². The summed E-state index contributed by atoms with van der Waals surface area (Å²) in [6.07, 6.45) is 6.13. The quantitative estimate of drug-likeness (QED) is 0.374. The number of carbonyl (C=O) groups excluding carboxylic acids is 1. The Labute approximate surface area is 205 Å². The normalized spacial score (nSPS) is 16.5. The average Bonchev–Trinajstić information content (AvgIpc) is 3.59. The van der Waals surface area contributed by atoms with Crippen molar-refractivity contribution in [3.05, 3.63) is 53.2 Å². The van der Waals surface area contributed by atoms with Gasteiger partial charge in [0.25, 0.3) is 11.8 Å². The van der Waals surface area contributed by atoms with Gasteiger partial charge in [-0.25, -0.2) is 13.8 Å². The number of imidazole rings is 1. The third kappa shape index (κ3) is 4.77. The van der Waals surface area contributed by atoms with Gasteiger partial charge in [-0.1, -0.05) is 13.3 Å². The molecule has 1 aliphatic rings. The number of rotatable bonds is 7. The Morgan fingerprint density at radius 2 is 2.11 bits per heavy atom. The first-order valence-corrected chi connectivity index (χ1v) is 12.5. The first-order valence-electron chi connectivity index (χ1n) is 11.7. The maximum atomic E-state index is 13.9. The maximum Gasteiger partial charge on any atom is 0.253 e. The molecule has 5 heterocycles. The Morgan fingerprint density at radius 1 is 1.31 bits per heavy atom. The van der Waals surface area contributed by atoms with Crippen LogP contribution in [0.2, 0.25) is 0 Å². The van der Waals surface area contributed by atoms with E-state index in [0.29, 0.717) is 29.1 Å². The standard InChI is InChI=1S/C24H27F2N7OS/c1-3-4-17(21-28-14-29-31-21)30-23(34)16-11-18(32-9-7-24(25,26)8-10-32)22-27-12-19(33(22)13-16)20-6-5-15(2)35-20/h5-6,11-14,17H,3-4,7-10H2,1-2H3,(H,30,34)(H,28,29,31)/t17-/m0/s1. The van der Waals surface area contributed by atoms with Gasteiger partial charge in [0.15, 0.2) is 11.5 Å². The van der Waals surface area contributed by atoms with Crippen molar-refractivity contribution in [1.82, 2.24) is 29.9 Å². The molecule has 0 radical (unpaired) electrons. The monoisotopic (exact) mass is 499 g/mol. The summed E-state index contributed by atoms with van der Waals surface area (Å²) in [5.41, 5.74) is 2.61. The highest BCUT2D eigenvalue weighted by molar-refractivity contribution is 7.15. The number of hydrogen-bond donors (Lipinski definition) is 2. The molecule has 11 heteroatoms. The second kappa shape index (κ2) is 9.37. The number of anilines is 1. The Bertz CT molecular complexity index is 1320. The van der Waals surface area contributed by atoms with E-state index in [9.17, 15) is 13.6 Å². The lowest BCUT2D eigenvalue weighted by molar-refractivity contribution is -0.0220. The summed E-state index contributed by atoms with van der Waals surface area (Å²) in [6.45, 7) is 4.47. The molecule has 0 aromatic carbocycles. The molecule has 8 nitrogen and oxygen atoms in total. The van der Waals surface area contributed by atoms with Crippen LogP contribution in [-0.4, -0.2) is 49.5 Å². The van der Waals surface area contributed by atoms with E-state index in [2.05, 4.69) is 25.5 Å². The molecule has 0 bridgehead atoms. The highest BCUT2D eigenvalue weighted by Crippen LogP contribution is 2.35. The summed E-state index contributed by atoms with van der Waals surface area (Å²) < 4.78 is 29.6. The fraction of sp³-hybridized carbons (Fsp3) is 0.417. The van der Waals surface area contributed by atoms with Crippen LogP contribution in [-0.2, 0) is 0 Å². The van der Waals surface area contributed by atoms with Crippen molar-refractivity contribution in [2.24, 2.45) is 0 Å². The minimum absolute atomic E-state index is 0.199. The first kappa shape index (κ1) is 23.4. The summed E-state index contributed by atoms with van der Waals surface area (Å²) >= 11 is 1.64. The number of hydrogen-bond acceptors (Lipinski definition) is 6. The van der Waals surface area contributed by atoms with Crippen LogP contribution >= 0.6 is 11.3 Å². The zero-order valence-electron chi connectivity index (χ0n) is 19.6. The first-order chi connectivity index (χ1) is 16.8. The fourth-order valence-electron chi connectivity index (χ4n) is 4.45. The third-order valence-corrected chi connectivity index (χ3v) is 7.35. The topological polar surface area (TPSA) is 91.2 Å². The van der Waals surface area contributed by atoms with Gasteiger partial charge in [-0.2, -0.15) is 0 Å². The number of aromatic amines is 1. The Morgan fingerprint density at radius 3 is 2.77 bits per heavy atom. The number of H-pyrrole nitrogens is 1. The molecule has 0 saturated carbocycles. The van der Waals surface area contributed by atoms with Crippen LogP contribution in [0.1, 0.15) is 59.7 Å². The van der Waals surface area contributed by atoms with Crippen LogP contribution in [0.3, 0.4) is 0 Å². The number of piperidine rings is 1. The predicted octanol–water partition coefficient (Wildman–Crippen LogP) is 5.00. The highest BCUT2D eigenvalue weighted by atomic mass is 32.1. The summed E-state index contributed by atoms with van der Waals surface area (Å²) in [4.78, 5) is 25.1. The second-order valence-corrected chi connectivity index (χ2v) is 10.2. The molecule has 1 aliphatic heterocycles. The predicted molar refractivity (Wildman–Crippen MR) is 131 cm³/mol. The van der Waals surface area contributed by atoms with E-state index in [0.717, 1.165) is 21.9 Å². The number of fused-ring (bicyclic) bond motifs is 1. The van der Waals surface area contributed by atoms with E-state index in [1.807, 2.05) is 35.3 Å². The number of pyridine rings is 1. The Kier molecular flexibility index (Phi) is 6.26. The number of carbonyl (C=O) groups is 1. The number of thiophene rings is 1. The molecule has 1 amide bonds. The van der Waals surface area contributed by atoms with Crippen LogP contribution in [0, 0.1) is 6.92 Å². The van der Waals surface area contributed by atoms with Gasteiger partial charge >= 0.3 is 0 Å². The van der Waals surface area contributed by atoms with E-state index >= 15 is 0 Å². The third-order valence-electron chi connectivity index (χ3n) is 6.33. The van der Waals surface area contributed by atoms with Crippen LogP contribution in [0.5, 0.6) is 0 Å². The van der Waals surface area contributed by atoms with E-state index in [1.54, 1.807) is 29.8 Å². The Hall–Kier alpha value is -3.34. The van der Waals surface area contributed by atoms with Gasteiger partial charge in [-0.15, -0.1) is 21.5 Å². The molecule has 4 aromatic heterocycles. The van der Waals surface area contributed by atoms with Crippen molar-refractivity contribution in [3.63, 3.8) is 0 Å². The fourth-order valence-corrected chi connectivity index (χ4v) is 5.32. The van der Waals surface area contributed by atoms with Crippen LogP contribution in [0.25, 0.3) is 16.2 Å². The van der Waals surface area contributed by atoms with Crippen molar-refractivity contribution >= 4 is 28.6 Å². The zero-order valence-corrected chi connectivity index (χ0v) is 20.4. The number of amides is 1. The van der Waals surface area contributed by atoms with Crippen LogP contribution in [0.4, 0.5) is 14.5 Å². The van der Waals surface area contributed by atoms with E-state index in [-0.39, 0.29) is 37.9 Å².